The van der Waals surface area contributed by atoms with Gasteiger partial charge in [0.25, 0.3) is 0 Å². The lowest BCUT2D eigenvalue weighted by atomic mass is 10.1. The van der Waals surface area contributed by atoms with Gasteiger partial charge in [-0.25, -0.2) is 4.98 Å². The molecule has 1 aliphatic heterocycles. The van der Waals surface area contributed by atoms with Gasteiger partial charge in [0.2, 0.25) is 5.88 Å². The fraction of sp³-hybridized carbons (Fsp3) is 0.333. The summed E-state index contributed by atoms with van der Waals surface area (Å²) in [7, 11) is 1.80. The zero-order valence-electron chi connectivity index (χ0n) is 11.9. The molecule has 3 rings (SSSR count). The molecule has 0 aliphatic carbocycles. The molecule has 2 aromatic rings. The van der Waals surface area contributed by atoms with Crippen molar-refractivity contribution < 1.29 is 14.6 Å². The third-order valence-electron chi connectivity index (χ3n) is 3.76. The third kappa shape index (κ3) is 3.34. The fourth-order valence-corrected chi connectivity index (χ4v) is 3.05. The third-order valence-corrected chi connectivity index (χ3v) is 4.26. The number of aromatic nitrogens is 1. The Morgan fingerprint density at radius 2 is 2.23 bits per heavy atom. The molecule has 22 heavy (non-hydrogen) atoms. The van der Waals surface area contributed by atoms with E-state index < -0.39 is 12.0 Å². The molecule has 0 radical (unpaired) electrons. The summed E-state index contributed by atoms with van der Waals surface area (Å²) in [6.45, 7) is 0.586. The Morgan fingerprint density at radius 3 is 2.91 bits per heavy atom. The minimum Gasteiger partial charge on any atom is -0.480 e. The fourth-order valence-electron chi connectivity index (χ4n) is 2.69. The second-order valence-corrected chi connectivity index (χ2v) is 6.17. The number of carboxylic acid groups (broad SMARTS) is 1. The Hall–Kier alpha value is -1.37. The maximum atomic E-state index is 11.1. The predicted molar refractivity (Wildman–Crippen MR) is 89.8 cm³/mol. The highest BCUT2D eigenvalue weighted by molar-refractivity contribution is 9.10. The zero-order valence-corrected chi connectivity index (χ0v) is 14.3. The first-order valence-electron chi connectivity index (χ1n) is 6.68. The summed E-state index contributed by atoms with van der Waals surface area (Å²) < 4.78 is 6.92. The number of ether oxygens (including phenoxy) is 1. The number of nitrogens with zero attached hydrogens (tertiary/aromatic N) is 2. The minimum absolute atomic E-state index is 0. The maximum Gasteiger partial charge on any atom is 0.321 e. The predicted octanol–water partition coefficient (Wildman–Crippen LogP) is 2.96. The van der Waals surface area contributed by atoms with Crippen molar-refractivity contribution in [1.29, 1.82) is 0 Å². The Morgan fingerprint density at radius 1 is 1.45 bits per heavy atom. The average Bonchev–Trinajstić information content (AvgIpc) is 2.80. The van der Waals surface area contributed by atoms with Crippen molar-refractivity contribution in [2.24, 2.45) is 0 Å². The SMILES string of the molecule is CN1C[C@H](Oc2nccc3ccc(Br)cc23)C[C@H]1C(=O)O.Cl. The van der Waals surface area contributed by atoms with E-state index in [4.69, 9.17) is 9.84 Å². The molecule has 1 fully saturated rings. The van der Waals surface area contributed by atoms with Crippen LogP contribution in [-0.4, -0.2) is 46.7 Å². The van der Waals surface area contributed by atoms with Gasteiger partial charge < -0.3 is 9.84 Å². The van der Waals surface area contributed by atoms with Gasteiger partial charge >= 0.3 is 5.97 Å². The van der Waals surface area contributed by atoms with E-state index in [9.17, 15) is 4.79 Å². The van der Waals surface area contributed by atoms with Gasteiger partial charge in [0, 0.05) is 29.0 Å². The normalized spacial score (nSPS) is 21.5. The van der Waals surface area contributed by atoms with E-state index >= 15 is 0 Å². The van der Waals surface area contributed by atoms with Crippen LogP contribution in [0, 0.1) is 0 Å². The van der Waals surface area contributed by atoms with E-state index in [1.165, 1.54) is 0 Å². The van der Waals surface area contributed by atoms with Gasteiger partial charge in [-0.3, -0.25) is 9.69 Å². The first-order chi connectivity index (χ1) is 10.0. The molecule has 2 atom stereocenters. The highest BCUT2D eigenvalue weighted by atomic mass is 79.9. The van der Waals surface area contributed by atoms with E-state index in [1.54, 1.807) is 18.1 Å². The Labute approximate surface area is 142 Å². The standard InChI is InChI=1S/C15H15BrN2O3.ClH/c1-18-8-11(7-13(18)15(19)20)21-14-12-6-10(16)3-2-9(12)4-5-17-14;/h2-6,11,13H,7-8H2,1H3,(H,19,20);1H/t11-,13+;/m1./s1. The molecule has 0 unspecified atom stereocenters. The van der Waals surface area contributed by atoms with Crippen molar-refractivity contribution >= 4 is 45.1 Å². The average molecular weight is 388 g/mol. The van der Waals surface area contributed by atoms with Crippen LogP contribution in [0.1, 0.15) is 6.42 Å². The van der Waals surface area contributed by atoms with Crippen LogP contribution in [0.25, 0.3) is 10.8 Å². The molecule has 0 saturated carbocycles. The molecule has 1 aromatic carbocycles. The number of hydrogen-bond donors (Lipinski definition) is 1. The van der Waals surface area contributed by atoms with Crippen LogP contribution in [0.3, 0.4) is 0 Å². The number of fused-ring (bicyclic) bond motifs is 1. The van der Waals surface area contributed by atoms with Crippen molar-refractivity contribution in [2.45, 2.75) is 18.6 Å². The van der Waals surface area contributed by atoms with E-state index in [0.717, 1.165) is 15.2 Å². The summed E-state index contributed by atoms with van der Waals surface area (Å²) in [6.07, 6.45) is 2.02. The van der Waals surface area contributed by atoms with Gasteiger partial charge in [-0.05, 0) is 30.6 Å². The van der Waals surface area contributed by atoms with Crippen molar-refractivity contribution in [3.8, 4) is 5.88 Å². The molecule has 0 spiro atoms. The molecule has 0 bridgehead atoms. The van der Waals surface area contributed by atoms with Gasteiger partial charge in [-0.1, -0.05) is 22.0 Å². The summed E-state index contributed by atoms with van der Waals surface area (Å²) in [5, 5.41) is 11.1. The summed E-state index contributed by atoms with van der Waals surface area (Å²) in [6, 6.07) is 7.36. The molecule has 1 N–H and O–H groups in total. The number of hydrogen-bond acceptors (Lipinski definition) is 4. The largest absolute Gasteiger partial charge is 0.480 e. The number of carbonyl (C=O) groups is 1. The van der Waals surface area contributed by atoms with Gasteiger partial charge in [-0.15, -0.1) is 12.4 Å². The van der Waals surface area contributed by atoms with E-state index in [2.05, 4.69) is 20.9 Å². The minimum atomic E-state index is -0.808. The van der Waals surface area contributed by atoms with Crippen molar-refractivity contribution in [3.63, 3.8) is 0 Å². The molecule has 1 saturated heterocycles. The van der Waals surface area contributed by atoms with Crippen LogP contribution in [0.5, 0.6) is 5.88 Å². The Kier molecular flexibility index (Phi) is 5.26. The monoisotopic (exact) mass is 386 g/mol. The molecule has 2 heterocycles. The molecule has 0 amide bonds. The number of aliphatic carboxylic acids is 1. The van der Waals surface area contributed by atoms with Crippen LogP contribution >= 0.6 is 28.3 Å². The topological polar surface area (TPSA) is 62.7 Å². The Balaban J connectivity index is 0.00000176. The number of likely N-dealkylation sites (N-methyl/N-ethyl adjacent to an activating group) is 1. The molecule has 7 heteroatoms. The summed E-state index contributed by atoms with van der Waals surface area (Å²) in [5.74, 6) is -0.254. The second-order valence-electron chi connectivity index (χ2n) is 5.25. The highest BCUT2D eigenvalue weighted by Crippen LogP contribution is 2.29. The number of halogens is 2. The molecule has 1 aliphatic rings. The lowest BCUT2D eigenvalue weighted by molar-refractivity contribution is -0.141. The first kappa shape index (κ1) is 17.0. The lowest BCUT2D eigenvalue weighted by Gasteiger charge is -2.14. The van der Waals surface area contributed by atoms with Crippen LogP contribution < -0.4 is 4.74 Å². The van der Waals surface area contributed by atoms with Gasteiger partial charge in [0.15, 0.2) is 0 Å². The second kappa shape index (κ2) is 6.81. The molecule has 5 nitrogen and oxygen atoms in total. The quantitative estimate of drug-likeness (QED) is 0.877. The van der Waals surface area contributed by atoms with Gasteiger partial charge in [-0.2, -0.15) is 0 Å². The summed E-state index contributed by atoms with van der Waals surface area (Å²) in [4.78, 5) is 17.2. The van der Waals surface area contributed by atoms with Crippen LogP contribution in [0.2, 0.25) is 0 Å². The maximum absolute atomic E-state index is 11.1. The van der Waals surface area contributed by atoms with Crippen molar-refractivity contribution in [3.05, 3.63) is 34.9 Å². The molecular formula is C15H16BrClN2O3. The number of likely N-dealkylation sites (tertiary alicyclic amines) is 1. The smallest absolute Gasteiger partial charge is 0.321 e. The zero-order chi connectivity index (χ0) is 15.0. The van der Waals surface area contributed by atoms with Crippen LogP contribution in [0.4, 0.5) is 0 Å². The van der Waals surface area contributed by atoms with E-state index in [-0.39, 0.29) is 18.5 Å². The molecular weight excluding hydrogens is 372 g/mol. The highest BCUT2D eigenvalue weighted by Gasteiger charge is 2.36. The molecule has 118 valence electrons. The van der Waals surface area contributed by atoms with Gasteiger partial charge in [0.1, 0.15) is 12.1 Å². The lowest BCUT2D eigenvalue weighted by Crippen LogP contribution is -2.32. The van der Waals surface area contributed by atoms with Crippen LogP contribution in [-0.2, 0) is 4.79 Å². The number of carboxylic acids is 1. The number of rotatable bonds is 3. The summed E-state index contributed by atoms with van der Waals surface area (Å²) in [5.41, 5.74) is 0. The first-order valence-corrected chi connectivity index (χ1v) is 7.48. The Bertz CT molecular complexity index is 698. The van der Waals surface area contributed by atoms with Crippen molar-refractivity contribution in [2.75, 3.05) is 13.6 Å². The molecule has 1 aromatic heterocycles. The van der Waals surface area contributed by atoms with E-state index in [0.29, 0.717) is 18.8 Å². The van der Waals surface area contributed by atoms with E-state index in [1.807, 2.05) is 24.3 Å². The number of pyridine rings is 1. The van der Waals surface area contributed by atoms with Crippen LogP contribution in [0.15, 0.2) is 34.9 Å². The summed E-state index contributed by atoms with van der Waals surface area (Å²) >= 11 is 3.45. The van der Waals surface area contributed by atoms with Crippen molar-refractivity contribution in [1.82, 2.24) is 9.88 Å². The van der Waals surface area contributed by atoms with Gasteiger partial charge in [0.05, 0.1) is 0 Å². The number of benzene rings is 1.